The zero-order valence-electron chi connectivity index (χ0n) is 16.3. The first-order chi connectivity index (χ1) is 13.8. The molecule has 0 fully saturated rings. The lowest BCUT2D eigenvalue weighted by Gasteiger charge is -2.29. The summed E-state index contributed by atoms with van der Waals surface area (Å²) >= 11 is 18.4. The molecule has 0 spiro atoms. The van der Waals surface area contributed by atoms with Crippen molar-refractivity contribution in [2.75, 3.05) is 13.2 Å². The summed E-state index contributed by atoms with van der Waals surface area (Å²) in [6, 6.07) is 11.1. The minimum Gasteiger partial charge on any atom is -0.484 e. The third-order valence-corrected chi connectivity index (χ3v) is 5.24. The Kier molecular flexibility index (Phi) is 9.08. The van der Waals surface area contributed by atoms with Crippen LogP contribution in [0.2, 0.25) is 15.1 Å². The summed E-state index contributed by atoms with van der Waals surface area (Å²) in [5.41, 5.74) is 0.575. The van der Waals surface area contributed by atoms with E-state index < -0.39 is 6.04 Å². The van der Waals surface area contributed by atoms with Crippen LogP contribution < -0.4 is 10.1 Å². The van der Waals surface area contributed by atoms with Gasteiger partial charge in [0.05, 0.1) is 0 Å². The minimum absolute atomic E-state index is 0.0853. The first kappa shape index (κ1) is 23.3. The second-order valence-electron chi connectivity index (χ2n) is 6.43. The van der Waals surface area contributed by atoms with Gasteiger partial charge in [0.25, 0.3) is 5.91 Å². The van der Waals surface area contributed by atoms with Gasteiger partial charge >= 0.3 is 0 Å². The van der Waals surface area contributed by atoms with Crippen LogP contribution in [0.15, 0.2) is 42.5 Å². The molecule has 1 N–H and O–H groups in total. The van der Waals surface area contributed by atoms with Crippen LogP contribution >= 0.6 is 34.8 Å². The summed E-state index contributed by atoms with van der Waals surface area (Å²) in [5, 5.41) is 4.23. The molecular weight excluding hydrogens is 435 g/mol. The predicted octanol–water partition coefficient (Wildman–Crippen LogP) is 4.97. The maximum Gasteiger partial charge on any atom is 0.261 e. The number of amides is 2. The number of ether oxygens (including phenoxy) is 1. The van der Waals surface area contributed by atoms with Crippen LogP contribution in [0, 0.1) is 0 Å². The third kappa shape index (κ3) is 6.81. The lowest BCUT2D eigenvalue weighted by molar-refractivity contribution is -0.142. The second kappa shape index (κ2) is 11.3. The van der Waals surface area contributed by atoms with Gasteiger partial charge in [0.2, 0.25) is 5.91 Å². The van der Waals surface area contributed by atoms with E-state index in [2.05, 4.69) is 5.32 Å². The highest BCUT2D eigenvalue weighted by Gasteiger charge is 2.27. The molecule has 0 aromatic heterocycles. The van der Waals surface area contributed by atoms with Crippen LogP contribution in [0.1, 0.15) is 25.8 Å². The molecule has 2 amide bonds. The van der Waals surface area contributed by atoms with Gasteiger partial charge in [-0.15, -0.1) is 0 Å². The molecule has 0 aliphatic carbocycles. The molecule has 2 rings (SSSR count). The molecule has 1 unspecified atom stereocenters. The number of halogens is 3. The molecular formula is C21H23Cl3N2O3. The maximum atomic E-state index is 12.9. The van der Waals surface area contributed by atoms with Crippen molar-refractivity contribution < 1.29 is 14.3 Å². The molecule has 8 heteroatoms. The second-order valence-corrected chi connectivity index (χ2v) is 7.68. The molecule has 156 valence electrons. The van der Waals surface area contributed by atoms with E-state index in [9.17, 15) is 9.59 Å². The summed E-state index contributed by atoms with van der Waals surface area (Å²) in [4.78, 5) is 26.8. The molecule has 2 aromatic rings. The van der Waals surface area contributed by atoms with E-state index in [0.29, 0.717) is 32.9 Å². The third-order valence-electron chi connectivity index (χ3n) is 4.28. The van der Waals surface area contributed by atoms with Crippen LogP contribution in [0.25, 0.3) is 0 Å². The van der Waals surface area contributed by atoms with Gasteiger partial charge in [0.1, 0.15) is 11.8 Å². The van der Waals surface area contributed by atoms with Gasteiger partial charge in [-0.05, 0) is 49.7 Å². The van der Waals surface area contributed by atoms with Gasteiger partial charge in [-0.2, -0.15) is 0 Å². The fraction of sp³-hybridized carbons (Fsp3) is 0.333. The molecule has 0 aliphatic rings. The number of nitrogens with zero attached hydrogens (tertiary/aromatic N) is 1. The van der Waals surface area contributed by atoms with Gasteiger partial charge in [-0.3, -0.25) is 9.59 Å². The Labute approximate surface area is 185 Å². The van der Waals surface area contributed by atoms with E-state index in [4.69, 9.17) is 39.5 Å². The number of carbonyl (C=O) groups excluding carboxylic acids is 2. The largest absolute Gasteiger partial charge is 0.484 e. The van der Waals surface area contributed by atoms with E-state index in [1.807, 2.05) is 6.92 Å². The highest BCUT2D eigenvalue weighted by molar-refractivity contribution is 6.36. The molecule has 0 radical (unpaired) electrons. The molecule has 29 heavy (non-hydrogen) atoms. The molecule has 0 bridgehead atoms. The Morgan fingerprint density at radius 1 is 1.07 bits per heavy atom. The first-order valence-electron chi connectivity index (χ1n) is 9.22. The summed E-state index contributed by atoms with van der Waals surface area (Å²) < 4.78 is 5.57. The van der Waals surface area contributed by atoms with Crippen molar-refractivity contribution in [2.24, 2.45) is 0 Å². The predicted molar refractivity (Wildman–Crippen MR) is 117 cm³/mol. The van der Waals surface area contributed by atoms with Crippen molar-refractivity contribution in [3.8, 4) is 5.75 Å². The highest BCUT2D eigenvalue weighted by atomic mass is 35.5. The number of hydrogen-bond acceptors (Lipinski definition) is 3. The zero-order chi connectivity index (χ0) is 21.4. The van der Waals surface area contributed by atoms with Gasteiger partial charge in [-0.25, -0.2) is 0 Å². The highest BCUT2D eigenvalue weighted by Crippen LogP contribution is 2.26. The van der Waals surface area contributed by atoms with Gasteiger partial charge < -0.3 is 15.0 Å². The number of hydrogen-bond donors (Lipinski definition) is 1. The van der Waals surface area contributed by atoms with Crippen molar-refractivity contribution in [3.63, 3.8) is 0 Å². The average Bonchev–Trinajstić information content (AvgIpc) is 2.70. The van der Waals surface area contributed by atoms with E-state index in [1.165, 1.54) is 4.90 Å². The van der Waals surface area contributed by atoms with Crippen molar-refractivity contribution >= 4 is 46.6 Å². The van der Waals surface area contributed by atoms with Crippen molar-refractivity contribution in [1.29, 1.82) is 0 Å². The van der Waals surface area contributed by atoms with Crippen molar-refractivity contribution in [2.45, 2.75) is 32.9 Å². The molecule has 0 saturated heterocycles. The Hall–Kier alpha value is -1.95. The molecule has 0 heterocycles. The Balaban J connectivity index is 2.19. The topological polar surface area (TPSA) is 58.6 Å². The van der Waals surface area contributed by atoms with Crippen LogP contribution in [-0.2, 0) is 16.1 Å². The minimum atomic E-state index is -0.727. The smallest absolute Gasteiger partial charge is 0.261 e. The van der Waals surface area contributed by atoms with E-state index >= 15 is 0 Å². The van der Waals surface area contributed by atoms with Gasteiger partial charge in [-0.1, -0.05) is 47.8 Å². The SMILES string of the molecule is CCCNC(=O)C(C)N(Cc1c(Cl)cccc1Cl)C(=O)COc1ccc(Cl)cc1. The average molecular weight is 458 g/mol. The van der Waals surface area contributed by atoms with E-state index in [1.54, 1.807) is 49.4 Å². The monoisotopic (exact) mass is 456 g/mol. The van der Waals surface area contributed by atoms with E-state index in [0.717, 1.165) is 6.42 Å². The number of rotatable bonds is 9. The van der Waals surface area contributed by atoms with Crippen molar-refractivity contribution in [1.82, 2.24) is 10.2 Å². The Morgan fingerprint density at radius 3 is 2.28 bits per heavy atom. The van der Waals surface area contributed by atoms with Crippen molar-refractivity contribution in [3.05, 3.63) is 63.1 Å². The normalized spacial score (nSPS) is 11.6. The summed E-state index contributed by atoms with van der Waals surface area (Å²) in [6.07, 6.45) is 0.794. The fourth-order valence-electron chi connectivity index (χ4n) is 2.59. The van der Waals surface area contributed by atoms with Gasteiger partial charge in [0, 0.05) is 33.7 Å². The Morgan fingerprint density at radius 2 is 1.69 bits per heavy atom. The van der Waals surface area contributed by atoms with Gasteiger partial charge in [0.15, 0.2) is 6.61 Å². The Bertz CT molecular complexity index is 823. The molecule has 0 saturated carbocycles. The number of benzene rings is 2. The molecule has 5 nitrogen and oxygen atoms in total. The van der Waals surface area contributed by atoms with E-state index in [-0.39, 0.29) is 25.0 Å². The maximum absolute atomic E-state index is 12.9. The van der Waals surface area contributed by atoms with Crippen LogP contribution in [0.5, 0.6) is 5.75 Å². The standard InChI is InChI=1S/C21H23Cl3N2O3/c1-3-11-25-21(28)14(2)26(12-17-18(23)5-4-6-19(17)24)20(27)13-29-16-9-7-15(22)8-10-16/h4-10,14H,3,11-13H2,1-2H3,(H,25,28). The zero-order valence-corrected chi connectivity index (χ0v) is 18.5. The first-order valence-corrected chi connectivity index (χ1v) is 10.3. The number of nitrogens with one attached hydrogen (secondary N) is 1. The van der Waals surface area contributed by atoms with Crippen LogP contribution in [0.3, 0.4) is 0 Å². The lowest BCUT2D eigenvalue weighted by atomic mass is 10.1. The van der Waals surface area contributed by atoms with Crippen LogP contribution in [0.4, 0.5) is 0 Å². The quantitative estimate of drug-likeness (QED) is 0.578. The summed E-state index contributed by atoms with van der Waals surface area (Å²) in [7, 11) is 0. The molecule has 0 aliphatic heterocycles. The molecule has 2 aromatic carbocycles. The summed E-state index contributed by atoms with van der Waals surface area (Å²) in [6.45, 7) is 3.99. The molecule has 1 atom stereocenters. The fourth-order valence-corrected chi connectivity index (χ4v) is 3.23. The summed E-state index contributed by atoms with van der Waals surface area (Å²) in [5.74, 6) is -0.119. The number of carbonyl (C=O) groups is 2. The lowest BCUT2D eigenvalue weighted by Crippen LogP contribution is -2.49. The van der Waals surface area contributed by atoms with Crippen LogP contribution in [-0.4, -0.2) is 35.9 Å².